The molecule has 0 aromatic heterocycles. The first-order valence-corrected chi connectivity index (χ1v) is 9.34. The van der Waals surface area contributed by atoms with Crippen LogP contribution in [-0.2, 0) is 26.9 Å². The zero-order valence-corrected chi connectivity index (χ0v) is 15.3. The molecule has 2 rings (SSSR count). The normalized spacial score (nSPS) is 11.6. The minimum absolute atomic E-state index is 0.220. The van der Waals surface area contributed by atoms with E-state index in [1.807, 2.05) is 31.2 Å². The van der Waals surface area contributed by atoms with Gasteiger partial charge in [0, 0.05) is 19.8 Å². The van der Waals surface area contributed by atoms with Crippen LogP contribution in [-0.4, -0.2) is 40.9 Å². The van der Waals surface area contributed by atoms with Crippen molar-refractivity contribution in [2.45, 2.75) is 18.4 Å². The maximum absolute atomic E-state index is 12.2. The number of rotatable bonds is 6. The lowest BCUT2D eigenvalue weighted by Gasteiger charge is -2.18. The first-order valence-electron chi connectivity index (χ1n) is 7.78. The van der Waals surface area contributed by atoms with Crippen LogP contribution in [0.1, 0.15) is 21.5 Å². The highest BCUT2D eigenvalue weighted by atomic mass is 32.2. The fourth-order valence-corrected chi connectivity index (χ4v) is 3.06. The third-order valence-electron chi connectivity index (χ3n) is 3.84. The van der Waals surface area contributed by atoms with Crippen molar-refractivity contribution >= 4 is 22.7 Å². The van der Waals surface area contributed by atoms with E-state index in [0.29, 0.717) is 11.4 Å². The zero-order chi connectivity index (χ0) is 18.4. The Morgan fingerprint density at radius 2 is 1.72 bits per heavy atom. The lowest BCUT2D eigenvalue weighted by atomic mass is 10.1. The van der Waals surface area contributed by atoms with Gasteiger partial charge >= 0.3 is 5.97 Å². The highest BCUT2D eigenvalue weighted by molar-refractivity contribution is 7.84. The molecule has 0 heterocycles. The molecule has 0 fully saturated rings. The van der Waals surface area contributed by atoms with Gasteiger partial charge in [0.15, 0.2) is 6.61 Å². The minimum Gasteiger partial charge on any atom is -0.452 e. The van der Waals surface area contributed by atoms with Crippen molar-refractivity contribution in [3.63, 3.8) is 0 Å². The van der Waals surface area contributed by atoms with E-state index in [-0.39, 0.29) is 18.1 Å². The van der Waals surface area contributed by atoms with Gasteiger partial charge in [-0.15, -0.1) is 0 Å². The lowest BCUT2D eigenvalue weighted by Crippen LogP contribution is -2.31. The van der Waals surface area contributed by atoms with E-state index in [4.69, 9.17) is 4.74 Å². The molecule has 5 nitrogen and oxygen atoms in total. The van der Waals surface area contributed by atoms with Crippen molar-refractivity contribution in [2.75, 3.05) is 19.9 Å². The fraction of sp³-hybridized carbons (Fsp3) is 0.263. The van der Waals surface area contributed by atoms with Crippen LogP contribution in [0.2, 0.25) is 0 Å². The Morgan fingerprint density at radius 3 is 2.40 bits per heavy atom. The smallest absolute Gasteiger partial charge is 0.339 e. The highest BCUT2D eigenvalue weighted by Gasteiger charge is 2.17. The van der Waals surface area contributed by atoms with E-state index in [1.54, 1.807) is 31.3 Å². The van der Waals surface area contributed by atoms with E-state index in [2.05, 4.69) is 0 Å². The number of amides is 1. The molecule has 1 atom stereocenters. The Kier molecular flexibility index (Phi) is 6.47. The topological polar surface area (TPSA) is 63.7 Å². The van der Waals surface area contributed by atoms with Gasteiger partial charge in [0.2, 0.25) is 0 Å². The second-order valence-electron chi connectivity index (χ2n) is 5.70. The predicted octanol–water partition coefficient (Wildman–Crippen LogP) is 2.55. The van der Waals surface area contributed by atoms with Gasteiger partial charge in [0.1, 0.15) is 0 Å². The first kappa shape index (κ1) is 18.9. The molecule has 0 aliphatic heterocycles. The molecule has 0 unspecified atom stereocenters. The van der Waals surface area contributed by atoms with Gasteiger partial charge in [0.05, 0.1) is 21.3 Å². The molecule has 0 saturated heterocycles. The first-order chi connectivity index (χ1) is 11.9. The van der Waals surface area contributed by atoms with Gasteiger partial charge in [0.25, 0.3) is 5.91 Å². The minimum atomic E-state index is -1.31. The van der Waals surface area contributed by atoms with Crippen molar-refractivity contribution in [2.24, 2.45) is 0 Å². The largest absolute Gasteiger partial charge is 0.452 e. The number of hydrogen-bond acceptors (Lipinski definition) is 4. The fourth-order valence-electron chi connectivity index (χ4n) is 2.33. The lowest BCUT2D eigenvalue weighted by molar-refractivity contribution is -0.133. The molecule has 0 saturated carbocycles. The Hall–Kier alpha value is -2.47. The van der Waals surface area contributed by atoms with Gasteiger partial charge in [-0.1, -0.05) is 36.4 Å². The molecular weight excluding hydrogens is 338 g/mol. The number of likely N-dealkylation sites (N-methyl/N-ethyl adjacent to an activating group) is 1. The van der Waals surface area contributed by atoms with E-state index in [0.717, 1.165) is 11.1 Å². The summed E-state index contributed by atoms with van der Waals surface area (Å²) in [5.41, 5.74) is 2.35. The predicted molar refractivity (Wildman–Crippen MR) is 96.7 cm³/mol. The van der Waals surface area contributed by atoms with Crippen LogP contribution in [0.15, 0.2) is 53.4 Å². The molecular formula is C19H21NO4S. The molecule has 0 bridgehead atoms. The summed E-state index contributed by atoms with van der Waals surface area (Å²) in [4.78, 5) is 26.3. The number of ether oxygens (including phenoxy) is 1. The second-order valence-corrected chi connectivity index (χ2v) is 7.05. The van der Waals surface area contributed by atoms with Crippen LogP contribution in [0, 0.1) is 6.92 Å². The summed E-state index contributed by atoms with van der Waals surface area (Å²) >= 11 is 0. The number of hydrogen-bond donors (Lipinski definition) is 0. The van der Waals surface area contributed by atoms with Crippen LogP contribution < -0.4 is 0 Å². The monoisotopic (exact) mass is 359 g/mol. The van der Waals surface area contributed by atoms with Crippen LogP contribution >= 0.6 is 0 Å². The van der Waals surface area contributed by atoms with Crippen molar-refractivity contribution in [1.82, 2.24) is 4.90 Å². The van der Waals surface area contributed by atoms with Gasteiger partial charge in [-0.3, -0.25) is 9.00 Å². The summed E-state index contributed by atoms with van der Waals surface area (Å²) < 4.78 is 16.8. The van der Waals surface area contributed by atoms with Crippen molar-refractivity contribution in [3.8, 4) is 0 Å². The van der Waals surface area contributed by atoms with Gasteiger partial charge in [-0.25, -0.2) is 4.79 Å². The maximum atomic E-state index is 12.2. The van der Waals surface area contributed by atoms with E-state index < -0.39 is 16.8 Å². The van der Waals surface area contributed by atoms with Crippen LogP contribution in [0.25, 0.3) is 0 Å². The summed E-state index contributed by atoms with van der Waals surface area (Å²) in [7, 11) is 0.355. The third-order valence-corrected chi connectivity index (χ3v) is 4.81. The SMILES string of the molecule is Cc1ccccc1CN(C)C(=O)COC(=O)c1ccccc1[S@@](C)=O. The van der Waals surface area contributed by atoms with Crippen LogP contribution in [0.5, 0.6) is 0 Å². The number of carbonyl (C=O) groups excluding carboxylic acids is 2. The summed E-state index contributed by atoms with van der Waals surface area (Å²) in [6, 6.07) is 14.3. The van der Waals surface area contributed by atoms with Crippen molar-refractivity contribution in [1.29, 1.82) is 0 Å². The average molecular weight is 359 g/mol. The van der Waals surface area contributed by atoms with Crippen molar-refractivity contribution < 1.29 is 18.5 Å². The Balaban J connectivity index is 1.96. The molecule has 132 valence electrons. The highest BCUT2D eigenvalue weighted by Crippen LogP contribution is 2.14. The molecule has 0 N–H and O–H groups in total. The van der Waals surface area contributed by atoms with Gasteiger partial charge in [-0.05, 0) is 30.2 Å². The number of benzene rings is 2. The molecule has 2 aromatic rings. The standard InChI is InChI=1S/C19H21NO4S/c1-14-8-4-5-9-15(14)12-20(2)18(21)13-24-19(22)16-10-6-7-11-17(16)25(3)23/h4-11H,12-13H2,1-3H3/t25-/m1/s1. The van der Waals surface area contributed by atoms with E-state index in [9.17, 15) is 13.8 Å². The molecule has 25 heavy (non-hydrogen) atoms. The molecule has 2 aromatic carbocycles. The summed E-state index contributed by atoms with van der Waals surface area (Å²) in [6.45, 7) is 2.07. The summed E-state index contributed by atoms with van der Waals surface area (Å²) in [5.74, 6) is -0.949. The maximum Gasteiger partial charge on any atom is 0.339 e. The molecule has 0 spiro atoms. The average Bonchev–Trinajstić information content (AvgIpc) is 2.61. The van der Waals surface area contributed by atoms with E-state index >= 15 is 0 Å². The summed E-state index contributed by atoms with van der Waals surface area (Å²) in [5, 5.41) is 0. The Labute approximate surface area is 150 Å². The molecule has 6 heteroatoms. The number of carbonyl (C=O) groups is 2. The van der Waals surface area contributed by atoms with Crippen LogP contribution in [0.3, 0.4) is 0 Å². The Bertz CT molecular complexity index is 804. The molecule has 0 aliphatic rings. The third kappa shape index (κ3) is 5.00. The number of esters is 1. The van der Waals surface area contributed by atoms with Crippen molar-refractivity contribution in [3.05, 3.63) is 65.2 Å². The number of aryl methyl sites for hydroxylation is 1. The van der Waals surface area contributed by atoms with Crippen LogP contribution in [0.4, 0.5) is 0 Å². The zero-order valence-electron chi connectivity index (χ0n) is 14.5. The van der Waals surface area contributed by atoms with Gasteiger partial charge in [-0.2, -0.15) is 0 Å². The van der Waals surface area contributed by atoms with Gasteiger partial charge < -0.3 is 9.64 Å². The molecule has 1 amide bonds. The second kappa shape index (κ2) is 8.58. The quantitative estimate of drug-likeness (QED) is 0.744. The molecule has 0 aliphatic carbocycles. The summed E-state index contributed by atoms with van der Waals surface area (Å²) in [6.07, 6.45) is 1.49. The number of nitrogens with zero attached hydrogens (tertiary/aromatic N) is 1. The molecule has 0 radical (unpaired) electrons. The Morgan fingerprint density at radius 1 is 1.08 bits per heavy atom. The van der Waals surface area contributed by atoms with E-state index in [1.165, 1.54) is 11.2 Å².